The molecule has 1 nitrogen and oxygen atoms in total. The summed E-state index contributed by atoms with van der Waals surface area (Å²) in [4.78, 5) is 0. The summed E-state index contributed by atoms with van der Waals surface area (Å²) in [5.74, 6) is 1.12. The highest BCUT2D eigenvalue weighted by Crippen LogP contribution is 2.53. The minimum Gasteiger partial charge on any atom is -0.497 e. The van der Waals surface area contributed by atoms with Gasteiger partial charge in [0.1, 0.15) is 5.75 Å². The largest absolute Gasteiger partial charge is 0.497 e. The van der Waals surface area contributed by atoms with Crippen LogP contribution in [0, 0.1) is 0 Å². The monoisotopic (exact) mass is 370 g/mol. The Kier molecular flexibility index (Phi) is 5.42. The van der Waals surface area contributed by atoms with E-state index < -0.39 is 8.07 Å². The lowest BCUT2D eigenvalue weighted by atomic mass is 9.85. The lowest BCUT2D eigenvalue weighted by Gasteiger charge is -2.42. The molecule has 144 valence electrons. The molecular formula is C24H38OSi. The first-order valence-corrected chi connectivity index (χ1v) is 12.9. The van der Waals surface area contributed by atoms with Gasteiger partial charge in [0.2, 0.25) is 0 Å². The van der Waals surface area contributed by atoms with Gasteiger partial charge in [-0.3, -0.25) is 0 Å². The second-order valence-electron chi connectivity index (χ2n) is 9.73. The maximum absolute atomic E-state index is 6.08. The van der Waals surface area contributed by atoms with Crippen LogP contribution in [-0.4, -0.2) is 15.2 Å². The fourth-order valence-electron chi connectivity index (χ4n) is 4.40. The molecular weight excluding hydrogens is 332 g/mol. The molecule has 2 rings (SSSR count). The van der Waals surface area contributed by atoms with Crippen molar-refractivity contribution < 1.29 is 4.74 Å². The molecule has 1 unspecified atom stereocenters. The summed E-state index contributed by atoms with van der Waals surface area (Å²) in [6, 6.07) is 4.80. The SMILES string of the molecule is CCc1cc(C(C)(C)C)c(OC)c([Si](C)(C)C2(C)C=C(C)C(C)=C2C)c1. The van der Waals surface area contributed by atoms with E-state index in [1.807, 2.05) is 7.11 Å². The van der Waals surface area contributed by atoms with Gasteiger partial charge in [-0.2, -0.15) is 0 Å². The third kappa shape index (κ3) is 3.11. The molecule has 0 N–H and O–H groups in total. The zero-order valence-corrected chi connectivity index (χ0v) is 19.8. The first-order valence-electron chi connectivity index (χ1n) is 9.91. The van der Waals surface area contributed by atoms with Gasteiger partial charge in [-0.15, -0.1) is 0 Å². The lowest BCUT2D eigenvalue weighted by Crippen LogP contribution is -2.52. The molecule has 1 atom stereocenters. The highest BCUT2D eigenvalue weighted by molar-refractivity contribution is 6.94. The molecule has 0 aromatic heterocycles. The highest BCUT2D eigenvalue weighted by Gasteiger charge is 2.48. The summed E-state index contributed by atoms with van der Waals surface area (Å²) < 4.78 is 6.08. The molecule has 0 fully saturated rings. The van der Waals surface area contributed by atoms with Crippen molar-refractivity contribution in [1.29, 1.82) is 0 Å². The van der Waals surface area contributed by atoms with Gasteiger partial charge in [0, 0.05) is 5.04 Å². The van der Waals surface area contributed by atoms with Crippen LogP contribution in [0.2, 0.25) is 18.1 Å². The fraction of sp³-hybridized carbons (Fsp3) is 0.583. The number of hydrogen-bond acceptors (Lipinski definition) is 1. The summed E-state index contributed by atoms with van der Waals surface area (Å²) in [5.41, 5.74) is 7.27. The summed E-state index contributed by atoms with van der Waals surface area (Å²) >= 11 is 0. The molecule has 26 heavy (non-hydrogen) atoms. The zero-order chi connectivity index (χ0) is 20.1. The molecule has 0 amide bonds. The van der Waals surface area contributed by atoms with Crippen LogP contribution in [-0.2, 0) is 11.8 Å². The number of hydrogen-bond donors (Lipinski definition) is 0. The first kappa shape index (κ1) is 21.0. The van der Waals surface area contributed by atoms with E-state index in [1.165, 1.54) is 33.0 Å². The Balaban J connectivity index is 2.82. The maximum atomic E-state index is 6.08. The second kappa shape index (κ2) is 6.71. The Morgan fingerprint density at radius 1 is 1.08 bits per heavy atom. The Morgan fingerprint density at radius 2 is 1.65 bits per heavy atom. The molecule has 0 saturated carbocycles. The fourth-order valence-corrected chi connectivity index (χ4v) is 8.01. The van der Waals surface area contributed by atoms with Crippen LogP contribution in [0.25, 0.3) is 0 Å². The van der Waals surface area contributed by atoms with Gasteiger partial charge in [-0.05, 0) is 54.5 Å². The number of aryl methyl sites for hydroxylation is 1. The van der Waals surface area contributed by atoms with Gasteiger partial charge in [0.05, 0.1) is 15.2 Å². The molecule has 0 heterocycles. The lowest BCUT2D eigenvalue weighted by molar-refractivity contribution is 0.400. The normalized spacial score (nSPS) is 21.3. The third-order valence-corrected chi connectivity index (χ3v) is 11.8. The second-order valence-corrected chi connectivity index (χ2v) is 14.6. The molecule has 0 bridgehead atoms. The van der Waals surface area contributed by atoms with Crippen LogP contribution in [0.5, 0.6) is 5.75 Å². The summed E-state index contributed by atoms with van der Waals surface area (Å²) in [6.07, 6.45) is 3.59. The minimum atomic E-state index is -1.90. The molecule has 1 aliphatic rings. The molecule has 0 saturated heterocycles. The van der Waals surface area contributed by atoms with Crippen LogP contribution in [0.1, 0.15) is 66.5 Å². The quantitative estimate of drug-likeness (QED) is 0.548. The summed E-state index contributed by atoms with van der Waals surface area (Å²) in [7, 11) is -0.0565. The van der Waals surface area contributed by atoms with Crippen molar-refractivity contribution in [2.75, 3.05) is 7.11 Å². The molecule has 1 aliphatic carbocycles. The van der Waals surface area contributed by atoms with Crippen LogP contribution >= 0.6 is 0 Å². The average molecular weight is 371 g/mol. The van der Waals surface area contributed by atoms with Crippen molar-refractivity contribution >= 4 is 13.3 Å². The average Bonchev–Trinajstić information content (AvgIpc) is 2.77. The van der Waals surface area contributed by atoms with E-state index in [0.717, 1.165) is 12.2 Å². The van der Waals surface area contributed by atoms with Crippen molar-refractivity contribution in [3.05, 3.63) is 46.1 Å². The van der Waals surface area contributed by atoms with Gasteiger partial charge in [0.15, 0.2) is 0 Å². The van der Waals surface area contributed by atoms with E-state index in [1.54, 1.807) is 0 Å². The Morgan fingerprint density at radius 3 is 2.04 bits per heavy atom. The minimum absolute atomic E-state index is 0.0683. The predicted molar refractivity (Wildman–Crippen MR) is 119 cm³/mol. The molecule has 1 aromatic rings. The smallest absolute Gasteiger partial charge is 0.121 e. The van der Waals surface area contributed by atoms with E-state index in [9.17, 15) is 0 Å². The van der Waals surface area contributed by atoms with Crippen molar-refractivity contribution in [3.63, 3.8) is 0 Å². The number of rotatable bonds is 4. The summed E-state index contributed by atoms with van der Waals surface area (Å²) in [5, 5.41) is 1.58. The Bertz CT molecular complexity index is 774. The van der Waals surface area contributed by atoms with Crippen LogP contribution < -0.4 is 9.92 Å². The number of benzene rings is 1. The summed E-state index contributed by atoms with van der Waals surface area (Å²) in [6.45, 7) is 23.5. The number of ether oxygens (including phenoxy) is 1. The van der Waals surface area contributed by atoms with E-state index in [0.29, 0.717) is 0 Å². The van der Waals surface area contributed by atoms with E-state index in [-0.39, 0.29) is 10.5 Å². The third-order valence-electron chi connectivity index (χ3n) is 6.98. The van der Waals surface area contributed by atoms with Crippen molar-refractivity contribution in [2.45, 2.75) is 85.4 Å². The molecule has 1 aromatic carbocycles. The van der Waals surface area contributed by atoms with Crippen LogP contribution in [0.4, 0.5) is 0 Å². The first-order chi connectivity index (χ1) is 11.8. The zero-order valence-electron chi connectivity index (χ0n) is 18.8. The van der Waals surface area contributed by atoms with E-state index in [4.69, 9.17) is 4.74 Å². The molecule has 0 aliphatic heterocycles. The van der Waals surface area contributed by atoms with Crippen molar-refractivity contribution in [2.24, 2.45) is 0 Å². The molecule has 2 heteroatoms. The molecule has 0 spiro atoms. The van der Waals surface area contributed by atoms with E-state index >= 15 is 0 Å². The van der Waals surface area contributed by atoms with Crippen molar-refractivity contribution in [1.82, 2.24) is 0 Å². The van der Waals surface area contributed by atoms with Gasteiger partial charge in [0.25, 0.3) is 0 Å². The van der Waals surface area contributed by atoms with Gasteiger partial charge in [-0.1, -0.05) is 77.1 Å². The maximum Gasteiger partial charge on any atom is 0.121 e. The predicted octanol–water partition coefficient (Wildman–Crippen LogP) is 6.53. The van der Waals surface area contributed by atoms with Crippen LogP contribution in [0.15, 0.2) is 34.9 Å². The van der Waals surface area contributed by atoms with Gasteiger partial charge < -0.3 is 4.74 Å². The van der Waals surface area contributed by atoms with Crippen molar-refractivity contribution in [3.8, 4) is 5.75 Å². The van der Waals surface area contributed by atoms with Gasteiger partial charge >= 0.3 is 0 Å². The number of allylic oxidation sites excluding steroid dienone is 4. The standard InChI is InChI=1S/C24H38OSi/c1-12-19-13-20(23(5,6)7)22(25-9)21(14-19)26(10,11)24(8)15-16(2)17(3)18(24)4/h13-15H,12H2,1-11H3. The Hall–Kier alpha value is -1.28. The van der Waals surface area contributed by atoms with Crippen LogP contribution in [0.3, 0.4) is 0 Å². The topological polar surface area (TPSA) is 9.23 Å². The Labute approximate surface area is 162 Å². The van der Waals surface area contributed by atoms with E-state index in [2.05, 4.69) is 86.7 Å². The highest BCUT2D eigenvalue weighted by atomic mass is 28.3. The number of methoxy groups -OCH3 is 1. The molecule has 0 radical (unpaired) electrons. The van der Waals surface area contributed by atoms with Gasteiger partial charge in [-0.25, -0.2) is 0 Å².